The minimum atomic E-state index is -0.889. The molecule has 300 valence electrons. The molecule has 0 N–H and O–H groups in total. The van der Waals surface area contributed by atoms with Crippen LogP contribution >= 0.6 is 0 Å². The van der Waals surface area contributed by atoms with Crippen molar-refractivity contribution in [1.82, 2.24) is 0 Å². The normalized spacial score (nSPS) is 20.4. The highest BCUT2D eigenvalue weighted by atomic mass is 16.6. The van der Waals surface area contributed by atoms with Gasteiger partial charge in [-0.05, 0) is 36.8 Å². The molecule has 0 bridgehead atoms. The van der Waals surface area contributed by atoms with Crippen LogP contribution in [0.15, 0.2) is 85.0 Å². The van der Waals surface area contributed by atoms with Gasteiger partial charge in [-0.15, -0.1) is 0 Å². The molecule has 2 aromatic rings. The zero-order valence-electron chi connectivity index (χ0n) is 33.9. The van der Waals surface area contributed by atoms with Gasteiger partial charge in [-0.25, -0.2) is 9.59 Å². The summed E-state index contributed by atoms with van der Waals surface area (Å²) in [7, 11) is 0. The summed E-state index contributed by atoms with van der Waals surface area (Å²) in [5.41, 5.74) is 0.346. The number of benzene rings is 2. The Balaban J connectivity index is 1.70. The maximum atomic E-state index is 13.6. The van der Waals surface area contributed by atoms with Crippen LogP contribution in [-0.2, 0) is 41.8 Å². The summed E-state index contributed by atoms with van der Waals surface area (Å²) in [5.74, 6) is -0.784. The molecule has 0 amide bonds. The zero-order chi connectivity index (χ0) is 38.4. The van der Waals surface area contributed by atoms with Crippen LogP contribution in [0, 0.1) is 0 Å². The summed E-state index contributed by atoms with van der Waals surface area (Å²) in [4.78, 5) is 27.2. The fraction of sp³-hybridized carbons (Fsp3) is 0.625. The van der Waals surface area contributed by atoms with Crippen molar-refractivity contribution in [3.8, 4) is 0 Å². The topological polar surface area (TPSA) is 71.1 Å². The van der Waals surface area contributed by atoms with Gasteiger partial charge in [-0.2, -0.15) is 0 Å². The van der Waals surface area contributed by atoms with E-state index in [1.807, 2.05) is 72.8 Å². The van der Waals surface area contributed by atoms with Crippen molar-refractivity contribution in [2.45, 2.75) is 180 Å². The third kappa shape index (κ3) is 19.9. The van der Waals surface area contributed by atoms with E-state index in [-0.39, 0.29) is 13.2 Å². The highest BCUT2D eigenvalue weighted by Crippen LogP contribution is 2.30. The predicted octanol–water partition coefficient (Wildman–Crippen LogP) is 12.7. The summed E-state index contributed by atoms with van der Waals surface area (Å²) in [6.07, 6.45) is 30.4. The molecule has 6 nitrogen and oxygen atoms in total. The molecule has 0 aromatic heterocycles. The van der Waals surface area contributed by atoms with E-state index in [4.69, 9.17) is 18.9 Å². The number of hydrogen-bond acceptors (Lipinski definition) is 6. The monoisotopic (exact) mass is 745 g/mol. The van der Waals surface area contributed by atoms with Crippen molar-refractivity contribution in [3.63, 3.8) is 0 Å². The fourth-order valence-electron chi connectivity index (χ4n) is 7.32. The molecular weight excluding hydrogens is 673 g/mol. The third-order valence-electron chi connectivity index (χ3n) is 10.5. The number of carbonyl (C=O) groups is 2. The van der Waals surface area contributed by atoms with E-state index in [0.717, 1.165) is 49.7 Å². The molecule has 0 spiro atoms. The number of unbranched alkanes of at least 4 members (excludes halogenated alkanes) is 16. The van der Waals surface area contributed by atoms with Gasteiger partial charge in [-0.3, -0.25) is 0 Å². The predicted molar refractivity (Wildman–Crippen MR) is 221 cm³/mol. The van der Waals surface area contributed by atoms with Crippen molar-refractivity contribution in [1.29, 1.82) is 0 Å². The van der Waals surface area contributed by atoms with Crippen LogP contribution in [0.1, 0.15) is 166 Å². The van der Waals surface area contributed by atoms with Crippen LogP contribution in [0.25, 0.3) is 0 Å². The van der Waals surface area contributed by atoms with Crippen LogP contribution in [0.2, 0.25) is 0 Å². The number of cyclic esters (lactones) is 2. The van der Waals surface area contributed by atoms with E-state index in [1.165, 1.54) is 89.2 Å². The van der Waals surface area contributed by atoms with E-state index in [9.17, 15) is 9.59 Å². The number of hydrogen-bond donors (Lipinski definition) is 0. The maximum absolute atomic E-state index is 13.6. The zero-order valence-corrected chi connectivity index (χ0v) is 33.9. The first-order chi connectivity index (χ1) is 26.5. The van der Waals surface area contributed by atoms with E-state index >= 15 is 0 Å². The van der Waals surface area contributed by atoms with E-state index in [1.54, 1.807) is 0 Å². The summed E-state index contributed by atoms with van der Waals surface area (Å²) in [5, 5.41) is 0. The standard InChI is InChI=1S/C48H72O6/c1-3-5-7-9-11-13-15-17-25-35-47(41-51-39-43-29-21-19-22-30-43)37-27-33-46(50)54-48(38-28-34-45(49)53-47,42-52-40-44-31-23-20-24-32-44)36-26-18-16-14-12-10-8-6-4-2/h19-24,27-34H,3-18,25-26,35-42H2,1-2H3/b33-27+,34-28+/t47-,48-/m1/s1. The average Bonchev–Trinajstić information content (AvgIpc) is 3.17. The average molecular weight is 745 g/mol. The Labute approximate surface area is 328 Å². The Morgan fingerprint density at radius 1 is 0.481 bits per heavy atom. The number of rotatable bonds is 28. The van der Waals surface area contributed by atoms with E-state index in [0.29, 0.717) is 38.9 Å². The van der Waals surface area contributed by atoms with Crippen molar-refractivity contribution in [3.05, 3.63) is 96.1 Å². The van der Waals surface area contributed by atoms with Gasteiger partial charge < -0.3 is 18.9 Å². The second-order valence-electron chi connectivity index (χ2n) is 15.5. The third-order valence-corrected chi connectivity index (χ3v) is 10.5. The molecule has 3 rings (SSSR count). The van der Waals surface area contributed by atoms with Gasteiger partial charge in [0.25, 0.3) is 0 Å². The molecule has 0 radical (unpaired) electrons. The fourth-order valence-corrected chi connectivity index (χ4v) is 7.32. The van der Waals surface area contributed by atoms with Crippen LogP contribution in [0.3, 0.4) is 0 Å². The van der Waals surface area contributed by atoms with Crippen molar-refractivity contribution < 1.29 is 28.5 Å². The first-order valence-electron chi connectivity index (χ1n) is 21.5. The number of ether oxygens (including phenoxy) is 4. The number of esters is 2. The van der Waals surface area contributed by atoms with Crippen molar-refractivity contribution >= 4 is 11.9 Å². The number of carbonyl (C=O) groups excluding carboxylic acids is 2. The Morgan fingerprint density at radius 2 is 0.815 bits per heavy atom. The smallest absolute Gasteiger partial charge is 0.331 e. The van der Waals surface area contributed by atoms with Crippen LogP contribution in [-0.4, -0.2) is 36.4 Å². The lowest BCUT2D eigenvalue weighted by molar-refractivity contribution is -0.163. The largest absolute Gasteiger partial charge is 0.453 e. The lowest BCUT2D eigenvalue weighted by Crippen LogP contribution is -2.41. The van der Waals surface area contributed by atoms with Crippen molar-refractivity contribution in [2.75, 3.05) is 13.2 Å². The van der Waals surface area contributed by atoms with Gasteiger partial charge in [0.05, 0.1) is 26.4 Å². The molecule has 2 aromatic carbocycles. The highest BCUT2D eigenvalue weighted by molar-refractivity contribution is 5.83. The molecule has 0 unspecified atom stereocenters. The van der Waals surface area contributed by atoms with Gasteiger partial charge >= 0.3 is 11.9 Å². The quantitative estimate of drug-likeness (QED) is 0.0638. The lowest BCUT2D eigenvalue weighted by Gasteiger charge is -2.34. The highest BCUT2D eigenvalue weighted by Gasteiger charge is 2.36. The second-order valence-corrected chi connectivity index (χ2v) is 15.5. The van der Waals surface area contributed by atoms with Crippen LogP contribution < -0.4 is 0 Å². The Bertz CT molecular complexity index is 1210. The first-order valence-corrected chi connectivity index (χ1v) is 21.5. The molecule has 1 heterocycles. The molecule has 6 heteroatoms. The minimum absolute atomic E-state index is 0.244. The van der Waals surface area contributed by atoms with Gasteiger partial charge in [0.15, 0.2) is 0 Å². The maximum Gasteiger partial charge on any atom is 0.331 e. The molecule has 0 saturated heterocycles. The Hall–Kier alpha value is -3.22. The molecule has 0 saturated carbocycles. The summed E-state index contributed by atoms with van der Waals surface area (Å²) in [6.45, 7) is 5.83. The molecule has 2 atom stereocenters. The van der Waals surface area contributed by atoms with Crippen LogP contribution in [0.5, 0.6) is 0 Å². The van der Waals surface area contributed by atoms with Gasteiger partial charge in [0, 0.05) is 25.0 Å². The van der Waals surface area contributed by atoms with Gasteiger partial charge in [0.2, 0.25) is 0 Å². The molecule has 0 fully saturated rings. The minimum Gasteiger partial charge on any atom is -0.453 e. The van der Waals surface area contributed by atoms with Gasteiger partial charge in [0.1, 0.15) is 11.2 Å². The van der Waals surface area contributed by atoms with Gasteiger partial charge in [-0.1, -0.05) is 189 Å². The summed E-state index contributed by atoms with van der Waals surface area (Å²) in [6, 6.07) is 20.1. The Morgan fingerprint density at radius 3 is 1.17 bits per heavy atom. The summed E-state index contributed by atoms with van der Waals surface area (Å²) >= 11 is 0. The SMILES string of the molecule is CCCCCCCCCCC[C@]1(COCc2ccccc2)C/C=C/C(=O)O[C@@](CCCCCCCCCCC)(COCc2ccccc2)C/C=C/C(=O)O1. The van der Waals surface area contributed by atoms with Crippen molar-refractivity contribution in [2.24, 2.45) is 0 Å². The van der Waals surface area contributed by atoms with E-state index in [2.05, 4.69) is 13.8 Å². The summed E-state index contributed by atoms with van der Waals surface area (Å²) < 4.78 is 25.2. The molecule has 54 heavy (non-hydrogen) atoms. The first kappa shape index (κ1) is 45.2. The molecule has 0 aliphatic carbocycles. The lowest BCUT2D eigenvalue weighted by atomic mass is 9.91. The molecular formula is C48H72O6. The molecule has 1 aliphatic rings. The van der Waals surface area contributed by atoms with E-state index < -0.39 is 23.1 Å². The second kappa shape index (κ2) is 28.2. The molecule has 1 aliphatic heterocycles. The van der Waals surface area contributed by atoms with Crippen LogP contribution in [0.4, 0.5) is 0 Å². The Kier molecular flexibility index (Phi) is 23.6.